The van der Waals surface area contributed by atoms with Crippen molar-refractivity contribution in [1.29, 1.82) is 0 Å². The van der Waals surface area contributed by atoms with Crippen molar-refractivity contribution >= 4 is 29.3 Å². The van der Waals surface area contributed by atoms with Crippen molar-refractivity contribution in [2.75, 3.05) is 18.1 Å². The third-order valence-electron chi connectivity index (χ3n) is 2.89. The molecule has 0 aliphatic rings. The van der Waals surface area contributed by atoms with Crippen LogP contribution in [0.3, 0.4) is 0 Å². The van der Waals surface area contributed by atoms with Gasteiger partial charge in [-0.2, -0.15) is 0 Å². The van der Waals surface area contributed by atoms with Gasteiger partial charge in [-0.3, -0.25) is 0 Å². The highest BCUT2D eigenvalue weighted by molar-refractivity contribution is 7.99. The Labute approximate surface area is 135 Å². The SMILES string of the molecule is CCCNc1cc(SCc2cccc(C)c2)nc(SC)n1. The molecule has 0 spiro atoms. The molecule has 1 heterocycles. The Morgan fingerprint density at radius 1 is 1.19 bits per heavy atom. The average molecular weight is 319 g/mol. The fraction of sp³-hybridized carbons (Fsp3) is 0.375. The van der Waals surface area contributed by atoms with Gasteiger partial charge in [0, 0.05) is 18.4 Å². The van der Waals surface area contributed by atoms with Gasteiger partial charge in [0.05, 0.1) is 0 Å². The van der Waals surface area contributed by atoms with Gasteiger partial charge in [-0.15, -0.1) is 11.8 Å². The summed E-state index contributed by atoms with van der Waals surface area (Å²) >= 11 is 3.33. The zero-order chi connectivity index (χ0) is 15.1. The minimum absolute atomic E-state index is 0.822. The Hall–Kier alpha value is -1.20. The molecule has 0 unspecified atom stereocenters. The molecule has 0 saturated heterocycles. The number of hydrogen-bond acceptors (Lipinski definition) is 5. The molecule has 0 fully saturated rings. The molecule has 0 amide bonds. The Kier molecular flexibility index (Phi) is 6.39. The van der Waals surface area contributed by atoms with E-state index in [9.17, 15) is 0 Å². The molecule has 2 rings (SSSR count). The van der Waals surface area contributed by atoms with E-state index in [1.54, 1.807) is 23.5 Å². The second-order valence-corrected chi connectivity index (χ2v) is 6.55. The standard InChI is InChI=1S/C16H21N3S2/c1-4-8-17-14-10-15(19-16(18-14)20-3)21-11-13-7-5-6-12(2)9-13/h5-7,9-10H,4,8,11H2,1-3H3,(H,17,18,19). The molecular formula is C16H21N3S2. The second-order valence-electron chi connectivity index (χ2n) is 4.78. The highest BCUT2D eigenvalue weighted by Gasteiger charge is 2.05. The molecule has 0 aliphatic heterocycles. The molecule has 3 nitrogen and oxygen atoms in total. The first-order chi connectivity index (χ1) is 10.2. The number of anilines is 1. The van der Waals surface area contributed by atoms with E-state index in [0.717, 1.165) is 34.7 Å². The lowest BCUT2D eigenvalue weighted by Crippen LogP contribution is -2.03. The predicted molar refractivity (Wildman–Crippen MR) is 93.3 cm³/mol. The summed E-state index contributed by atoms with van der Waals surface area (Å²) in [4.78, 5) is 9.06. The van der Waals surface area contributed by atoms with Crippen LogP contribution in [0.5, 0.6) is 0 Å². The van der Waals surface area contributed by atoms with E-state index in [-0.39, 0.29) is 0 Å². The molecule has 0 radical (unpaired) electrons. The monoisotopic (exact) mass is 319 g/mol. The van der Waals surface area contributed by atoms with Crippen LogP contribution in [0.2, 0.25) is 0 Å². The summed E-state index contributed by atoms with van der Waals surface area (Å²) in [6.07, 6.45) is 3.10. The molecular weight excluding hydrogens is 298 g/mol. The first kappa shape index (κ1) is 16.2. The highest BCUT2D eigenvalue weighted by atomic mass is 32.2. The fourth-order valence-electron chi connectivity index (χ4n) is 1.87. The lowest BCUT2D eigenvalue weighted by atomic mass is 10.2. The average Bonchev–Trinajstić information content (AvgIpc) is 2.51. The van der Waals surface area contributed by atoms with Crippen molar-refractivity contribution in [2.24, 2.45) is 0 Å². The summed E-state index contributed by atoms with van der Waals surface area (Å²) in [6.45, 7) is 5.21. The molecule has 1 aromatic heterocycles. The zero-order valence-corrected chi connectivity index (χ0v) is 14.4. The van der Waals surface area contributed by atoms with Crippen molar-refractivity contribution < 1.29 is 0 Å². The number of aromatic nitrogens is 2. The number of thioether (sulfide) groups is 2. The van der Waals surface area contributed by atoms with E-state index in [0.29, 0.717) is 0 Å². The summed E-state index contributed by atoms with van der Waals surface area (Å²) in [6, 6.07) is 10.6. The van der Waals surface area contributed by atoms with E-state index >= 15 is 0 Å². The van der Waals surface area contributed by atoms with Gasteiger partial charge < -0.3 is 5.32 Å². The zero-order valence-electron chi connectivity index (χ0n) is 12.7. The summed E-state index contributed by atoms with van der Waals surface area (Å²) in [7, 11) is 0. The van der Waals surface area contributed by atoms with Crippen LogP contribution in [0.25, 0.3) is 0 Å². The summed E-state index contributed by atoms with van der Waals surface area (Å²) in [5.74, 6) is 1.85. The normalized spacial score (nSPS) is 10.6. The van der Waals surface area contributed by atoms with Crippen LogP contribution in [0.1, 0.15) is 24.5 Å². The number of benzene rings is 1. The molecule has 1 aromatic carbocycles. The van der Waals surface area contributed by atoms with Crippen molar-refractivity contribution in [2.45, 2.75) is 36.2 Å². The van der Waals surface area contributed by atoms with E-state index < -0.39 is 0 Å². The first-order valence-corrected chi connectivity index (χ1v) is 9.27. The maximum Gasteiger partial charge on any atom is 0.190 e. The summed E-state index contributed by atoms with van der Waals surface area (Å²) in [5.41, 5.74) is 2.62. The number of nitrogens with one attached hydrogen (secondary N) is 1. The first-order valence-electron chi connectivity index (χ1n) is 7.06. The van der Waals surface area contributed by atoms with E-state index in [4.69, 9.17) is 0 Å². The van der Waals surface area contributed by atoms with Crippen LogP contribution in [-0.2, 0) is 5.75 Å². The Morgan fingerprint density at radius 3 is 2.76 bits per heavy atom. The lowest BCUT2D eigenvalue weighted by molar-refractivity contribution is 0.878. The van der Waals surface area contributed by atoms with E-state index in [2.05, 4.69) is 53.4 Å². The van der Waals surface area contributed by atoms with Crippen LogP contribution in [0.4, 0.5) is 5.82 Å². The number of nitrogens with zero attached hydrogens (tertiary/aromatic N) is 2. The van der Waals surface area contributed by atoms with E-state index in [1.165, 1.54) is 11.1 Å². The van der Waals surface area contributed by atoms with Crippen LogP contribution in [0, 0.1) is 6.92 Å². The minimum Gasteiger partial charge on any atom is -0.370 e. The highest BCUT2D eigenvalue weighted by Crippen LogP contribution is 2.25. The number of hydrogen-bond donors (Lipinski definition) is 1. The molecule has 0 bridgehead atoms. The van der Waals surface area contributed by atoms with Gasteiger partial charge in [0.15, 0.2) is 5.16 Å². The van der Waals surface area contributed by atoms with Gasteiger partial charge in [-0.25, -0.2) is 9.97 Å². The quantitative estimate of drug-likeness (QED) is 0.458. The Bertz CT molecular complexity index is 587. The lowest BCUT2D eigenvalue weighted by Gasteiger charge is -2.08. The molecule has 5 heteroatoms. The van der Waals surface area contributed by atoms with Crippen molar-refractivity contribution in [3.8, 4) is 0 Å². The third-order valence-corrected chi connectivity index (χ3v) is 4.42. The predicted octanol–water partition coefficient (Wildman–Crippen LogP) is 4.62. The third kappa shape index (κ3) is 5.25. The Morgan fingerprint density at radius 2 is 2.05 bits per heavy atom. The molecule has 0 aliphatic carbocycles. The molecule has 21 heavy (non-hydrogen) atoms. The van der Waals surface area contributed by atoms with Gasteiger partial charge in [-0.05, 0) is 25.2 Å². The van der Waals surface area contributed by atoms with Crippen LogP contribution in [0.15, 0.2) is 40.5 Å². The second kappa shape index (κ2) is 8.29. The minimum atomic E-state index is 0.822. The van der Waals surface area contributed by atoms with Crippen molar-refractivity contribution in [3.63, 3.8) is 0 Å². The van der Waals surface area contributed by atoms with Gasteiger partial charge in [0.1, 0.15) is 10.8 Å². The number of aryl methyl sites for hydroxylation is 1. The maximum absolute atomic E-state index is 4.57. The molecule has 2 aromatic rings. The van der Waals surface area contributed by atoms with Crippen LogP contribution in [-0.4, -0.2) is 22.8 Å². The molecule has 0 atom stereocenters. The van der Waals surface area contributed by atoms with Gasteiger partial charge in [-0.1, -0.05) is 48.5 Å². The van der Waals surface area contributed by atoms with Crippen LogP contribution >= 0.6 is 23.5 Å². The summed E-state index contributed by atoms with van der Waals surface area (Å²) in [5, 5.41) is 5.18. The Balaban J connectivity index is 2.07. The van der Waals surface area contributed by atoms with Gasteiger partial charge in [0.25, 0.3) is 0 Å². The van der Waals surface area contributed by atoms with Crippen molar-refractivity contribution in [1.82, 2.24) is 9.97 Å². The smallest absolute Gasteiger partial charge is 0.190 e. The van der Waals surface area contributed by atoms with E-state index in [1.807, 2.05) is 12.3 Å². The number of rotatable bonds is 7. The largest absolute Gasteiger partial charge is 0.370 e. The molecule has 1 N–H and O–H groups in total. The van der Waals surface area contributed by atoms with Gasteiger partial charge >= 0.3 is 0 Å². The maximum atomic E-state index is 4.57. The van der Waals surface area contributed by atoms with Crippen LogP contribution < -0.4 is 5.32 Å². The van der Waals surface area contributed by atoms with Crippen molar-refractivity contribution in [3.05, 3.63) is 41.5 Å². The molecule has 112 valence electrons. The molecule has 0 saturated carbocycles. The topological polar surface area (TPSA) is 37.8 Å². The summed E-state index contributed by atoms with van der Waals surface area (Å²) < 4.78 is 0. The fourth-order valence-corrected chi connectivity index (χ4v) is 3.15. The van der Waals surface area contributed by atoms with Gasteiger partial charge in [0.2, 0.25) is 0 Å².